The van der Waals surface area contributed by atoms with Gasteiger partial charge in [0.15, 0.2) is 5.76 Å². The molecule has 1 N–H and O–H groups in total. The van der Waals surface area contributed by atoms with Crippen LogP contribution < -0.4 is 5.32 Å². The van der Waals surface area contributed by atoms with Gasteiger partial charge in [0.25, 0.3) is 5.91 Å². The van der Waals surface area contributed by atoms with Crippen LogP contribution in [0, 0.1) is 0 Å². The number of alkyl halides is 1. The first kappa shape index (κ1) is 10.2. The maximum absolute atomic E-state index is 11.5. The van der Waals surface area contributed by atoms with Crippen LogP contribution in [0.2, 0.25) is 0 Å². The number of hydrogen-bond donors (Lipinski definition) is 1. The van der Waals surface area contributed by atoms with E-state index >= 15 is 0 Å². The van der Waals surface area contributed by atoms with Crippen LogP contribution in [0.15, 0.2) is 34.7 Å². The SMILES string of the molecule is O=C(NCCBr)c1cc2ccccc2o1. The van der Waals surface area contributed by atoms with Crippen molar-refractivity contribution in [2.75, 3.05) is 11.9 Å². The van der Waals surface area contributed by atoms with Gasteiger partial charge in [-0.05, 0) is 12.1 Å². The molecule has 4 heteroatoms. The molecule has 1 aromatic heterocycles. The molecule has 0 fully saturated rings. The lowest BCUT2D eigenvalue weighted by atomic mass is 10.2. The molecule has 0 radical (unpaired) electrons. The molecule has 1 heterocycles. The molecular weight excluding hydrogens is 258 g/mol. The van der Waals surface area contributed by atoms with E-state index in [-0.39, 0.29) is 5.91 Å². The highest BCUT2D eigenvalue weighted by atomic mass is 79.9. The van der Waals surface area contributed by atoms with Crippen LogP contribution in [0.25, 0.3) is 11.0 Å². The average Bonchev–Trinajstić information content (AvgIpc) is 2.69. The largest absolute Gasteiger partial charge is 0.451 e. The summed E-state index contributed by atoms with van der Waals surface area (Å²) >= 11 is 3.24. The minimum Gasteiger partial charge on any atom is -0.451 e. The molecule has 2 rings (SSSR count). The monoisotopic (exact) mass is 267 g/mol. The quantitative estimate of drug-likeness (QED) is 0.869. The molecule has 1 aromatic carbocycles. The molecule has 15 heavy (non-hydrogen) atoms. The topological polar surface area (TPSA) is 42.2 Å². The van der Waals surface area contributed by atoms with Crippen LogP contribution in [0.4, 0.5) is 0 Å². The van der Waals surface area contributed by atoms with Gasteiger partial charge in [0.1, 0.15) is 5.58 Å². The van der Waals surface area contributed by atoms with E-state index in [1.807, 2.05) is 24.3 Å². The molecule has 0 aliphatic rings. The highest BCUT2D eigenvalue weighted by Crippen LogP contribution is 2.18. The molecule has 78 valence electrons. The van der Waals surface area contributed by atoms with Crippen molar-refractivity contribution < 1.29 is 9.21 Å². The summed E-state index contributed by atoms with van der Waals surface area (Å²) < 4.78 is 5.40. The van der Waals surface area contributed by atoms with Gasteiger partial charge in [0.2, 0.25) is 0 Å². The Hall–Kier alpha value is -1.29. The van der Waals surface area contributed by atoms with Crippen molar-refractivity contribution in [1.82, 2.24) is 5.32 Å². The summed E-state index contributed by atoms with van der Waals surface area (Å²) in [5.41, 5.74) is 0.737. The van der Waals surface area contributed by atoms with Crippen molar-refractivity contribution in [2.45, 2.75) is 0 Å². The minimum absolute atomic E-state index is 0.175. The molecule has 0 saturated carbocycles. The number of nitrogens with one attached hydrogen (secondary N) is 1. The van der Waals surface area contributed by atoms with Gasteiger partial charge in [-0.1, -0.05) is 34.1 Å². The third-order valence-electron chi connectivity index (χ3n) is 2.03. The Labute approximate surface area is 95.6 Å². The summed E-state index contributed by atoms with van der Waals surface area (Å²) in [6.07, 6.45) is 0. The second-order valence-corrected chi connectivity index (χ2v) is 3.89. The molecule has 0 atom stereocenters. The number of rotatable bonds is 3. The van der Waals surface area contributed by atoms with Gasteiger partial charge < -0.3 is 9.73 Å². The second kappa shape index (κ2) is 4.49. The molecule has 0 spiro atoms. The summed E-state index contributed by atoms with van der Waals surface area (Å²) in [4.78, 5) is 11.5. The molecule has 2 aromatic rings. The minimum atomic E-state index is -0.175. The van der Waals surface area contributed by atoms with E-state index in [9.17, 15) is 4.79 Å². The lowest BCUT2D eigenvalue weighted by Crippen LogP contribution is -2.24. The van der Waals surface area contributed by atoms with Gasteiger partial charge in [0.05, 0.1) is 0 Å². The Kier molecular flexibility index (Phi) is 3.06. The predicted octanol–water partition coefficient (Wildman–Crippen LogP) is 2.56. The van der Waals surface area contributed by atoms with Gasteiger partial charge in [-0.3, -0.25) is 4.79 Å². The van der Waals surface area contributed by atoms with Crippen LogP contribution in [0.5, 0.6) is 0 Å². The fraction of sp³-hybridized carbons (Fsp3) is 0.182. The van der Waals surface area contributed by atoms with Crippen LogP contribution in [0.1, 0.15) is 10.6 Å². The van der Waals surface area contributed by atoms with Crippen molar-refractivity contribution in [2.24, 2.45) is 0 Å². The smallest absolute Gasteiger partial charge is 0.287 e. The molecule has 3 nitrogen and oxygen atoms in total. The molecule has 0 saturated heterocycles. The van der Waals surface area contributed by atoms with Crippen LogP contribution >= 0.6 is 15.9 Å². The van der Waals surface area contributed by atoms with E-state index in [0.717, 1.165) is 16.3 Å². The van der Waals surface area contributed by atoms with Crippen molar-refractivity contribution >= 4 is 32.8 Å². The van der Waals surface area contributed by atoms with E-state index in [1.165, 1.54) is 0 Å². The molecule has 0 aliphatic heterocycles. The van der Waals surface area contributed by atoms with Gasteiger partial charge in [-0.2, -0.15) is 0 Å². The second-order valence-electron chi connectivity index (χ2n) is 3.09. The predicted molar refractivity (Wildman–Crippen MR) is 62.3 cm³/mol. The normalized spacial score (nSPS) is 10.5. The highest BCUT2D eigenvalue weighted by molar-refractivity contribution is 9.09. The molecule has 0 unspecified atom stereocenters. The zero-order valence-corrected chi connectivity index (χ0v) is 9.58. The van der Waals surface area contributed by atoms with Crippen molar-refractivity contribution in [3.05, 3.63) is 36.1 Å². The van der Waals surface area contributed by atoms with E-state index in [1.54, 1.807) is 6.07 Å². The van der Waals surface area contributed by atoms with Crippen molar-refractivity contribution in [3.63, 3.8) is 0 Å². The Morgan fingerprint density at radius 2 is 2.20 bits per heavy atom. The number of fused-ring (bicyclic) bond motifs is 1. The van der Waals surface area contributed by atoms with E-state index in [4.69, 9.17) is 4.42 Å². The summed E-state index contributed by atoms with van der Waals surface area (Å²) in [5.74, 6) is 0.183. The van der Waals surface area contributed by atoms with Crippen LogP contribution in [-0.2, 0) is 0 Å². The number of carbonyl (C=O) groups is 1. The zero-order chi connectivity index (χ0) is 10.7. The van der Waals surface area contributed by atoms with Crippen LogP contribution in [0.3, 0.4) is 0 Å². The van der Waals surface area contributed by atoms with E-state index in [2.05, 4.69) is 21.2 Å². The Morgan fingerprint density at radius 3 is 2.93 bits per heavy atom. The summed E-state index contributed by atoms with van der Waals surface area (Å²) in [7, 11) is 0. The maximum Gasteiger partial charge on any atom is 0.287 e. The first-order valence-electron chi connectivity index (χ1n) is 4.64. The fourth-order valence-corrected chi connectivity index (χ4v) is 1.54. The highest BCUT2D eigenvalue weighted by Gasteiger charge is 2.10. The number of amides is 1. The standard InChI is InChI=1S/C11H10BrNO2/c12-5-6-13-11(14)10-7-8-3-1-2-4-9(8)15-10/h1-4,7H,5-6H2,(H,13,14). The Balaban J connectivity index is 2.25. The van der Waals surface area contributed by atoms with Gasteiger partial charge in [-0.15, -0.1) is 0 Å². The van der Waals surface area contributed by atoms with Gasteiger partial charge in [-0.25, -0.2) is 0 Å². The number of carbonyl (C=O) groups excluding carboxylic acids is 1. The molecule has 0 bridgehead atoms. The average molecular weight is 268 g/mol. The lowest BCUT2D eigenvalue weighted by Gasteiger charge is -1.97. The first-order chi connectivity index (χ1) is 7.31. The molecular formula is C11H10BrNO2. The van der Waals surface area contributed by atoms with Crippen molar-refractivity contribution in [3.8, 4) is 0 Å². The number of para-hydroxylation sites is 1. The van der Waals surface area contributed by atoms with Crippen molar-refractivity contribution in [1.29, 1.82) is 0 Å². The maximum atomic E-state index is 11.5. The van der Waals surface area contributed by atoms with E-state index in [0.29, 0.717) is 12.3 Å². The Bertz CT molecular complexity index is 445. The lowest BCUT2D eigenvalue weighted by molar-refractivity contribution is 0.0931. The number of hydrogen-bond acceptors (Lipinski definition) is 2. The van der Waals surface area contributed by atoms with Gasteiger partial charge in [0, 0.05) is 17.3 Å². The zero-order valence-electron chi connectivity index (χ0n) is 8.00. The van der Waals surface area contributed by atoms with Gasteiger partial charge >= 0.3 is 0 Å². The summed E-state index contributed by atoms with van der Waals surface area (Å²) in [6, 6.07) is 9.31. The summed E-state index contributed by atoms with van der Waals surface area (Å²) in [5, 5.41) is 4.41. The molecule has 0 aliphatic carbocycles. The number of halogens is 1. The van der Waals surface area contributed by atoms with Crippen LogP contribution in [-0.4, -0.2) is 17.8 Å². The Morgan fingerprint density at radius 1 is 1.40 bits per heavy atom. The third kappa shape index (κ3) is 2.21. The first-order valence-corrected chi connectivity index (χ1v) is 5.76. The third-order valence-corrected chi connectivity index (χ3v) is 2.43. The summed E-state index contributed by atoms with van der Waals surface area (Å²) in [6.45, 7) is 0.593. The van der Waals surface area contributed by atoms with E-state index < -0.39 is 0 Å². The number of benzene rings is 1. The number of furan rings is 1. The molecule has 1 amide bonds. The fourth-order valence-electron chi connectivity index (χ4n) is 1.34.